The Bertz CT molecular complexity index is 1150. The van der Waals surface area contributed by atoms with Crippen molar-refractivity contribution >= 4 is 27.7 Å². The zero-order chi connectivity index (χ0) is 21.4. The van der Waals surface area contributed by atoms with Crippen molar-refractivity contribution in [2.45, 2.75) is 43.0 Å². The molecule has 1 N–H and O–H groups in total. The van der Waals surface area contributed by atoms with E-state index in [2.05, 4.69) is 4.72 Å². The van der Waals surface area contributed by atoms with E-state index >= 15 is 0 Å². The van der Waals surface area contributed by atoms with Crippen LogP contribution in [0, 0.1) is 0 Å². The molecule has 0 bridgehead atoms. The molecule has 0 atom stereocenters. The Balaban J connectivity index is 1.30. The first kappa shape index (κ1) is 20.1. The lowest BCUT2D eigenvalue weighted by Gasteiger charge is -2.16. The zero-order valence-electron chi connectivity index (χ0n) is 17.0. The van der Waals surface area contributed by atoms with Crippen LogP contribution in [0.5, 0.6) is 11.5 Å². The summed E-state index contributed by atoms with van der Waals surface area (Å²) in [6.45, 7) is 0.735. The Hall–Kier alpha value is -2.84. The summed E-state index contributed by atoms with van der Waals surface area (Å²) in [6, 6.07) is 10.6. The maximum Gasteiger partial charge on any atom is 0.251 e. The Kier molecular flexibility index (Phi) is 5.19. The fourth-order valence-corrected chi connectivity index (χ4v) is 5.73. The lowest BCUT2D eigenvalue weighted by Crippen LogP contribution is -2.32. The van der Waals surface area contributed by atoms with Crippen LogP contribution in [0.2, 0.25) is 0 Å². The van der Waals surface area contributed by atoms with Crippen molar-refractivity contribution in [1.82, 2.24) is 4.72 Å². The Morgan fingerprint density at radius 1 is 1.06 bits per heavy atom. The van der Waals surface area contributed by atoms with Crippen LogP contribution in [0.15, 0.2) is 47.4 Å². The molecule has 2 aromatic carbocycles. The molecular weight excluding hydrogens is 416 g/mol. The monoisotopic (exact) mass is 440 g/mol. The van der Waals surface area contributed by atoms with E-state index in [1.165, 1.54) is 6.08 Å². The van der Waals surface area contributed by atoms with Gasteiger partial charge in [-0.3, -0.25) is 4.79 Å². The third kappa shape index (κ3) is 4.05. The Morgan fingerprint density at radius 3 is 2.71 bits per heavy atom. The van der Waals surface area contributed by atoms with Crippen molar-refractivity contribution in [1.29, 1.82) is 0 Å². The molecule has 0 radical (unpaired) electrons. The van der Waals surface area contributed by atoms with Crippen LogP contribution < -0.4 is 19.1 Å². The van der Waals surface area contributed by atoms with E-state index in [-0.39, 0.29) is 23.6 Å². The number of ether oxygens (including phenoxy) is 2. The number of nitrogens with one attached hydrogen (secondary N) is 1. The van der Waals surface area contributed by atoms with E-state index in [0.29, 0.717) is 24.5 Å². The fraction of sp³-hybridized carbons (Fsp3) is 0.348. The molecule has 1 saturated carbocycles. The van der Waals surface area contributed by atoms with E-state index < -0.39 is 10.0 Å². The molecule has 7 nitrogen and oxygen atoms in total. The summed E-state index contributed by atoms with van der Waals surface area (Å²) in [5.74, 6) is 1.22. The number of hydrogen-bond donors (Lipinski definition) is 1. The highest BCUT2D eigenvalue weighted by Gasteiger charge is 2.27. The lowest BCUT2D eigenvalue weighted by molar-refractivity contribution is -0.114. The number of sulfonamides is 1. The van der Waals surface area contributed by atoms with Crippen molar-refractivity contribution in [2.24, 2.45) is 0 Å². The Morgan fingerprint density at radius 2 is 1.87 bits per heavy atom. The van der Waals surface area contributed by atoms with Crippen LogP contribution in [0.25, 0.3) is 6.08 Å². The minimum absolute atomic E-state index is 0.0256. The van der Waals surface area contributed by atoms with Gasteiger partial charge >= 0.3 is 0 Å². The Labute approximate surface area is 181 Å². The molecule has 8 heteroatoms. The summed E-state index contributed by atoms with van der Waals surface area (Å²) in [6.07, 6.45) is 7.81. The molecule has 1 amide bonds. The van der Waals surface area contributed by atoms with Crippen molar-refractivity contribution in [3.05, 3.63) is 53.6 Å². The third-order valence-corrected chi connectivity index (χ3v) is 7.53. The first-order valence-corrected chi connectivity index (χ1v) is 12.0. The molecule has 5 rings (SSSR count). The summed E-state index contributed by atoms with van der Waals surface area (Å²) >= 11 is 0. The molecule has 3 aliphatic rings. The molecule has 1 aliphatic carbocycles. The van der Waals surface area contributed by atoms with Crippen LogP contribution in [0.4, 0.5) is 5.69 Å². The summed E-state index contributed by atoms with van der Waals surface area (Å²) in [5, 5.41) is 0. The van der Waals surface area contributed by atoms with Crippen LogP contribution in [-0.2, 0) is 21.2 Å². The molecule has 1 fully saturated rings. The number of benzene rings is 2. The third-order valence-electron chi connectivity index (χ3n) is 6.01. The molecule has 2 aliphatic heterocycles. The number of amides is 1. The number of nitrogens with zero attached hydrogens (tertiary/aromatic N) is 1. The number of carbonyl (C=O) groups excluding carboxylic acids is 1. The molecule has 31 heavy (non-hydrogen) atoms. The zero-order valence-corrected chi connectivity index (χ0v) is 17.9. The van der Waals surface area contributed by atoms with Gasteiger partial charge in [0, 0.05) is 24.4 Å². The fourth-order valence-electron chi connectivity index (χ4n) is 4.38. The highest BCUT2D eigenvalue weighted by Crippen LogP contribution is 2.33. The van der Waals surface area contributed by atoms with Crippen molar-refractivity contribution in [3.63, 3.8) is 0 Å². The van der Waals surface area contributed by atoms with E-state index in [0.717, 1.165) is 42.5 Å². The molecule has 162 valence electrons. The largest absolute Gasteiger partial charge is 0.454 e. The van der Waals surface area contributed by atoms with E-state index in [4.69, 9.17) is 9.47 Å². The van der Waals surface area contributed by atoms with Gasteiger partial charge in [-0.2, -0.15) is 0 Å². The number of carbonyl (C=O) groups is 1. The van der Waals surface area contributed by atoms with Gasteiger partial charge in [-0.25, -0.2) is 13.1 Å². The highest BCUT2D eigenvalue weighted by atomic mass is 32.2. The maximum absolute atomic E-state index is 12.8. The average molecular weight is 441 g/mol. The van der Waals surface area contributed by atoms with Gasteiger partial charge < -0.3 is 14.4 Å². The van der Waals surface area contributed by atoms with Crippen LogP contribution in [0.3, 0.4) is 0 Å². The van der Waals surface area contributed by atoms with Gasteiger partial charge in [0.25, 0.3) is 5.91 Å². The summed E-state index contributed by atoms with van der Waals surface area (Å²) in [4.78, 5) is 14.7. The first-order valence-electron chi connectivity index (χ1n) is 10.5. The lowest BCUT2D eigenvalue weighted by atomic mass is 10.1. The second-order valence-corrected chi connectivity index (χ2v) is 9.79. The van der Waals surface area contributed by atoms with Crippen LogP contribution >= 0.6 is 0 Å². The van der Waals surface area contributed by atoms with Gasteiger partial charge in [0.2, 0.25) is 16.8 Å². The summed E-state index contributed by atoms with van der Waals surface area (Å²) in [5.41, 5.74) is 2.48. The van der Waals surface area contributed by atoms with Gasteiger partial charge in [0.05, 0.1) is 4.90 Å². The number of anilines is 1. The molecule has 0 saturated heterocycles. The van der Waals surface area contributed by atoms with Gasteiger partial charge in [-0.1, -0.05) is 18.9 Å². The molecule has 0 spiro atoms. The van der Waals surface area contributed by atoms with Crippen molar-refractivity contribution < 1.29 is 22.7 Å². The van der Waals surface area contributed by atoms with Crippen LogP contribution in [0.1, 0.15) is 36.8 Å². The van der Waals surface area contributed by atoms with Gasteiger partial charge in [0.1, 0.15) is 0 Å². The second-order valence-electron chi connectivity index (χ2n) is 8.08. The van der Waals surface area contributed by atoms with E-state index in [1.807, 2.05) is 18.2 Å². The van der Waals surface area contributed by atoms with E-state index in [1.54, 1.807) is 29.2 Å². The number of hydrogen-bond acceptors (Lipinski definition) is 5. The molecule has 0 aromatic heterocycles. The van der Waals surface area contributed by atoms with Crippen molar-refractivity contribution in [2.75, 3.05) is 18.2 Å². The minimum atomic E-state index is -3.54. The average Bonchev–Trinajstić information content (AvgIpc) is 3.51. The van der Waals surface area contributed by atoms with Gasteiger partial charge in [0.15, 0.2) is 11.5 Å². The first-order chi connectivity index (χ1) is 15.0. The summed E-state index contributed by atoms with van der Waals surface area (Å²) in [7, 11) is -3.54. The number of fused-ring (bicyclic) bond motifs is 2. The standard InChI is InChI=1S/C23H24N2O5S/c26-23(10-6-16-5-9-21-22(13-16)30-15-29-21)25-12-11-17-14-19(7-8-20(17)25)31(27,28)24-18-3-1-2-4-18/h5-10,13-14,18,24H,1-4,11-12,15H2/b10-6+. The topological polar surface area (TPSA) is 84.9 Å². The minimum Gasteiger partial charge on any atom is -0.454 e. The predicted octanol–water partition coefficient (Wildman–Crippen LogP) is 3.24. The number of rotatable bonds is 5. The predicted molar refractivity (Wildman–Crippen MR) is 117 cm³/mol. The highest BCUT2D eigenvalue weighted by molar-refractivity contribution is 7.89. The van der Waals surface area contributed by atoms with Gasteiger partial charge in [-0.05, 0) is 66.8 Å². The molecule has 0 unspecified atom stereocenters. The summed E-state index contributed by atoms with van der Waals surface area (Å²) < 4.78 is 38.9. The molecule has 2 aromatic rings. The van der Waals surface area contributed by atoms with Gasteiger partial charge in [-0.15, -0.1) is 0 Å². The smallest absolute Gasteiger partial charge is 0.251 e. The van der Waals surface area contributed by atoms with Crippen LogP contribution in [-0.4, -0.2) is 33.7 Å². The van der Waals surface area contributed by atoms with Crippen molar-refractivity contribution in [3.8, 4) is 11.5 Å². The molecule has 2 heterocycles. The quantitative estimate of drug-likeness (QED) is 0.722. The second kappa shape index (κ2) is 8.01. The molecular formula is C23H24N2O5S. The SMILES string of the molecule is O=C(/C=C/c1ccc2c(c1)OCO2)N1CCc2cc(S(=O)(=O)NC3CCCC3)ccc21. The van der Waals surface area contributed by atoms with E-state index in [9.17, 15) is 13.2 Å². The normalized spacial score (nSPS) is 18.1. The maximum atomic E-state index is 12.8.